The summed E-state index contributed by atoms with van der Waals surface area (Å²) in [4.78, 5) is 4.66. The van der Waals surface area contributed by atoms with Crippen molar-refractivity contribution in [3.63, 3.8) is 0 Å². The number of hydrogen-bond donors (Lipinski definition) is 0. The molecule has 2 heterocycles. The Balaban J connectivity index is 2.36. The van der Waals surface area contributed by atoms with E-state index < -0.39 is 0 Å². The Morgan fingerprint density at radius 2 is 1.68 bits per heavy atom. The Bertz CT molecular complexity index is 419. The van der Waals surface area contributed by atoms with Crippen molar-refractivity contribution in [1.82, 2.24) is 4.98 Å². The molecule has 2 rings (SSSR count). The third-order valence-electron chi connectivity index (χ3n) is 3.33. The number of rotatable bonds is 2. The lowest BCUT2D eigenvalue weighted by Gasteiger charge is -2.29. The molecule has 3 nitrogen and oxygen atoms in total. The first-order chi connectivity index (χ1) is 8.66. The molecule has 0 atom stereocenters. The van der Waals surface area contributed by atoms with Gasteiger partial charge in [0.15, 0.2) is 0 Å². The molecule has 0 aliphatic carbocycles. The van der Waals surface area contributed by atoms with Gasteiger partial charge in [-0.25, -0.2) is 4.98 Å². The second-order valence-corrected chi connectivity index (χ2v) is 7.36. The predicted octanol–water partition coefficient (Wildman–Crippen LogP) is 3.45. The third kappa shape index (κ3) is 3.47. The lowest BCUT2D eigenvalue weighted by atomic mass is 9.83. The van der Waals surface area contributed by atoms with Gasteiger partial charge in [0.2, 0.25) is 5.88 Å². The van der Waals surface area contributed by atoms with Gasteiger partial charge in [-0.2, -0.15) is 0 Å². The van der Waals surface area contributed by atoms with E-state index in [2.05, 4.69) is 58.7 Å². The Labute approximate surface area is 116 Å². The maximum absolute atomic E-state index is 5.89. The van der Waals surface area contributed by atoms with Crippen LogP contribution in [0.1, 0.15) is 52.8 Å². The number of aromatic nitrogens is 1. The van der Waals surface area contributed by atoms with Crippen molar-refractivity contribution in [2.24, 2.45) is 0 Å². The van der Waals surface area contributed by atoms with Crippen molar-refractivity contribution in [3.8, 4) is 5.88 Å². The van der Waals surface area contributed by atoms with Gasteiger partial charge in [-0.05, 0) is 17.0 Å². The first-order valence-corrected chi connectivity index (χ1v) is 6.94. The molecule has 0 spiro atoms. The van der Waals surface area contributed by atoms with E-state index in [9.17, 15) is 0 Å². The smallest absolute Gasteiger partial charge is 0.214 e. The predicted molar refractivity (Wildman–Crippen MR) is 76.9 cm³/mol. The average molecular weight is 263 g/mol. The summed E-state index contributed by atoms with van der Waals surface area (Å²) in [5, 5.41) is 0. The Hall–Kier alpha value is -1.09. The second kappa shape index (κ2) is 4.78. The van der Waals surface area contributed by atoms with Crippen LogP contribution in [-0.4, -0.2) is 24.3 Å². The molecule has 0 unspecified atom stereocenters. The number of nitrogens with zero attached hydrogens (tertiary/aromatic N) is 1. The summed E-state index contributed by atoms with van der Waals surface area (Å²) in [5.74, 6) is 0.727. The minimum absolute atomic E-state index is 0.0233. The first kappa shape index (κ1) is 14.3. The third-order valence-corrected chi connectivity index (χ3v) is 3.33. The van der Waals surface area contributed by atoms with Crippen LogP contribution >= 0.6 is 0 Å². The fraction of sp³-hybridized carbons (Fsp3) is 0.688. The van der Waals surface area contributed by atoms with Crippen molar-refractivity contribution < 1.29 is 9.47 Å². The van der Waals surface area contributed by atoms with E-state index in [-0.39, 0.29) is 16.9 Å². The van der Waals surface area contributed by atoms with Crippen molar-refractivity contribution in [2.75, 3.05) is 13.2 Å². The number of hydrogen-bond acceptors (Lipinski definition) is 3. The SMILES string of the molecule is CC(C)(C)c1cc(OC2COC2)nc(C(C)(C)C)c1. The van der Waals surface area contributed by atoms with Crippen LogP contribution in [0, 0.1) is 0 Å². The molecule has 106 valence electrons. The normalized spacial score (nSPS) is 17.2. The van der Waals surface area contributed by atoms with Gasteiger partial charge in [0.1, 0.15) is 6.10 Å². The summed E-state index contributed by atoms with van der Waals surface area (Å²) in [5.41, 5.74) is 2.46. The fourth-order valence-corrected chi connectivity index (χ4v) is 1.84. The van der Waals surface area contributed by atoms with Gasteiger partial charge >= 0.3 is 0 Å². The fourth-order valence-electron chi connectivity index (χ4n) is 1.84. The van der Waals surface area contributed by atoms with Gasteiger partial charge in [-0.15, -0.1) is 0 Å². The van der Waals surface area contributed by atoms with E-state index in [1.807, 2.05) is 0 Å². The topological polar surface area (TPSA) is 31.4 Å². The second-order valence-electron chi connectivity index (χ2n) is 7.36. The standard InChI is InChI=1S/C16H25NO2/c1-15(2,3)11-7-13(16(4,5)6)17-14(8-11)19-12-9-18-10-12/h7-8,12H,9-10H2,1-6H3. The van der Waals surface area contributed by atoms with Crippen molar-refractivity contribution >= 4 is 0 Å². The molecule has 0 aromatic carbocycles. The van der Waals surface area contributed by atoms with Crippen molar-refractivity contribution in [1.29, 1.82) is 0 Å². The van der Waals surface area contributed by atoms with Crippen LogP contribution in [-0.2, 0) is 15.6 Å². The monoisotopic (exact) mass is 263 g/mol. The maximum Gasteiger partial charge on any atom is 0.214 e. The number of pyridine rings is 1. The highest BCUT2D eigenvalue weighted by molar-refractivity contribution is 5.33. The largest absolute Gasteiger partial charge is 0.469 e. The molecule has 0 saturated carbocycles. The van der Waals surface area contributed by atoms with Gasteiger partial charge in [0.05, 0.1) is 18.9 Å². The molecule has 1 aliphatic rings. The van der Waals surface area contributed by atoms with E-state index in [4.69, 9.17) is 9.47 Å². The molecule has 0 amide bonds. The minimum atomic E-state index is 0.0233. The molecule has 0 bridgehead atoms. The van der Waals surface area contributed by atoms with Gasteiger partial charge in [0.25, 0.3) is 0 Å². The Morgan fingerprint density at radius 3 is 2.11 bits per heavy atom. The summed E-state index contributed by atoms with van der Waals surface area (Å²) in [6.07, 6.45) is 0.163. The molecule has 1 saturated heterocycles. The van der Waals surface area contributed by atoms with E-state index in [0.717, 1.165) is 11.6 Å². The molecule has 1 aliphatic heterocycles. The number of ether oxygens (including phenoxy) is 2. The van der Waals surface area contributed by atoms with Gasteiger partial charge < -0.3 is 9.47 Å². The molecule has 19 heavy (non-hydrogen) atoms. The van der Waals surface area contributed by atoms with Crippen LogP contribution in [0.5, 0.6) is 5.88 Å². The van der Waals surface area contributed by atoms with Gasteiger partial charge in [-0.3, -0.25) is 0 Å². The zero-order valence-electron chi connectivity index (χ0n) is 12.9. The highest BCUT2D eigenvalue weighted by Gasteiger charge is 2.25. The van der Waals surface area contributed by atoms with Crippen molar-refractivity contribution in [3.05, 3.63) is 23.4 Å². The van der Waals surface area contributed by atoms with E-state index in [0.29, 0.717) is 13.2 Å². The molecular formula is C16H25NO2. The van der Waals surface area contributed by atoms with E-state index in [1.165, 1.54) is 5.56 Å². The molecular weight excluding hydrogens is 238 g/mol. The summed E-state index contributed by atoms with van der Waals surface area (Å²) in [7, 11) is 0. The van der Waals surface area contributed by atoms with Crippen LogP contribution in [0.4, 0.5) is 0 Å². The van der Waals surface area contributed by atoms with Crippen LogP contribution in [0.3, 0.4) is 0 Å². The highest BCUT2D eigenvalue weighted by Crippen LogP contribution is 2.31. The summed E-state index contributed by atoms with van der Waals surface area (Å²) < 4.78 is 11.0. The molecule has 1 fully saturated rings. The zero-order valence-corrected chi connectivity index (χ0v) is 12.9. The van der Waals surface area contributed by atoms with Crippen LogP contribution in [0.25, 0.3) is 0 Å². The van der Waals surface area contributed by atoms with Crippen molar-refractivity contribution in [2.45, 2.75) is 58.5 Å². The lowest BCUT2D eigenvalue weighted by Crippen LogP contribution is -2.39. The molecule has 0 N–H and O–H groups in total. The Morgan fingerprint density at radius 1 is 1.05 bits per heavy atom. The zero-order chi connectivity index (χ0) is 14.3. The van der Waals surface area contributed by atoms with Gasteiger partial charge in [-0.1, -0.05) is 41.5 Å². The van der Waals surface area contributed by atoms with E-state index in [1.54, 1.807) is 0 Å². The van der Waals surface area contributed by atoms with E-state index >= 15 is 0 Å². The van der Waals surface area contributed by atoms with Crippen LogP contribution in [0.15, 0.2) is 12.1 Å². The molecule has 0 radical (unpaired) electrons. The lowest BCUT2D eigenvalue weighted by molar-refractivity contribution is -0.0814. The van der Waals surface area contributed by atoms with Gasteiger partial charge in [0, 0.05) is 11.5 Å². The average Bonchev–Trinajstić information content (AvgIpc) is 2.21. The highest BCUT2D eigenvalue weighted by atomic mass is 16.6. The molecule has 3 heteroatoms. The minimum Gasteiger partial charge on any atom is -0.469 e. The summed E-state index contributed by atoms with van der Waals surface area (Å²) in [6.45, 7) is 14.5. The quantitative estimate of drug-likeness (QED) is 0.819. The maximum atomic E-state index is 5.89. The Kier molecular flexibility index (Phi) is 3.61. The summed E-state index contributed by atoms with van der Waals surface area (Å²) in [6, 6.07) is 4.26. The van der Waals surface area contributed by atoms with Crippen LogP contribution < -0.4 is 4.74 Å². The first-order valence-electron chi connectivity index (χ1n) is 6.94. The molecule has 1 aromatic rings. The summed E-state index contributed by atoms with van der Waals surface area (Å²) >= 11 is 0. The van der Waals surface area contributed by atoms with Crippen LogP contribution in [0.2, 0.25) is 0 Å². The molecule has 1 aromatic heterocycles.